The molecule has 0 radical (unpaired) electrons. The molecular weight excluding hydrogens is 446 g/mol. The van der Waals surface area contributed by atoms with Crippen molar-refractivity contribution in [3.63, 3.8) is 0 Å². The predicted octanol–water partition coefficient (Wildman–Crippen LogP) is 3.13. The van der Waals surface area contributed by atoms with Gasteiger partial charge in [-0.2, -0.15) is 13.5 Å². The number of hydrogen-bond acceptors (Lipinski definition) is 7. The molecule has 2 aromatic rings. The van der Waals surface area contributed by atoms with Crippen molar-refractivity contribution in [1.29, 1.82) is 0 Å². The largest absolute Gasteiger partial charge is 0.449 e. The van der Waals surface area contributed by atoms with Crippen LogP contribution in [-0.2, 0) is 19.6 Å². The Labute approximate surface area is 192 Å². The molecule has 10 nitrogen and oxygen atoms in total. The van der Waals surface area contributed by atoms with Crippen LogP contribution in [-0.4, -0.2) is 48.6 Å². The molecule has 33 heavy (non-hydrogen) atoms. The molecule has 11 heteroatoms. The van der Waals surface area contributed by atoms with Crippen LogP contribution in [0.1, 0.15) is 62.9 Å². The predicted molar refractivity (Wildman–Crippen MR) is 123 cm³/mol. The topological polar surface area (TPSA) is 123 Å². The number of rotatable bonds is 5. The van der Waals surface area contributed by atoms with E-state index in [0.717, 1.165) is 19.3 Å². The van der Waals surface area contributed by atoms with E-state index in [4.69, 9.17) is 4.74 Å². The van der Waals surface area contributed by atoms with Gasteiger partial charge in [-0.3, -0.25) is 4.79 Å². The maximum absolute atomic E-state index is 12.8. The minimum Gasteiger partial charge on any atom is -0.449 e. The first-order valence-electron chi connectivity index (χ1n) is 11.0. The number of sulfonamides is 1. The number of esters is 1. The quantitative estimate of drug-likeness (QED) is 0.662. The standard InChI is InChI=1S/C22H27N5O5S/c1-14(2)27-19(10-11-23-27)24-21(28)15(3)32-22(29)16-8-9-17-18(13-16)33(30,31)25-20-7-5-4-6-12-26(17)20/h8-11,13-15H,4-7,12H2,1-3H3,(H,24,28)/t15-/m1/s1. The van der Waals surface area contributed by atoms with Crippen molar-refractivity contribution in [2.75, 3.05) is 16.8 Å². The molecular formula is C22H27N5O5S. The highest BCUT2D eigenvalue weighted by molar-refractivity contribution is 7.90. The van der Waals surface area contributed by atoms with Crippen molar-refractivity contribution in [2.45, 2.75) is 63.5 Å². The summed E-state index contributed by atoms with van der Waals surface area (Å²) in [6.07, 6.45) is 3.90. The molecule has 176 valence electrons. The molecule has 1 saturated heterocycles. The Kier molecular flexibility index (Phi) is 6.24. The monoisotopic (exact) mass is 473 g/mol. The molecule has 1 fully saturated rings. The van der Waals surface area contributed by atoms with Gasteiger partial charge in [-0.25, -0.2) is 9.48 Å². The summed E-state index contributed by atoms with van der Waals surface area (Å²) in [6.45, 7) is 5.98. The summed E-state index contributed by atoms with van der Waals surface area (Å²) >= 11 is 0. The zero-order valence-electron chi connectivity index (χ0n) is 18.8. The molecule has 1 aromatic carbocycles. The molecule has 1 atom stereocenters. The van der Waals surface area contributed by atoms with Crippen molar-refractivity contribution in [3.05, 3.63) is 36.0 Å². The van der Waals surface area contributed by atoms with Gasteiger partial charge in [0.1, 0.15) is 16.5 Å². The summed E-state index contributed by atoms with van der Waals surface area (Å²) in [4.78, 5) is 27.1. The van der Waals surface area contributed by atoms with Crippen LogP contribution >= 0.6 is 0 Å². The summed E-state index contributed by atoms with van der Waals surface area (Å²) in [5.74, 6) is -0.279. The van der Waals surface area contributed by atoms with Gasteiger partial charge in [0.2, 0.25) is 0 Å². The number of ether oxygens (including phenoxy) is 1. The number of amides is 1. The van der Waals surface area contributed by atoms with Crippen LogP contribution < -0.4 is 10.2 Å². The second-order valence-corrected chi connectivity index (χ2v) is 9.99. The number of anilines is 2. The van der Waals surface area contributed by atoms with E-state index in [9.17, 15) is 18.0 Å². The van der Waals surface area contributed by atoms with Crippen LogP contribution in [0.4, 0.5) is 11.5 Å². The maximum atomic E-state index is 12.8. The second kappa shape index (κ2) is 8.97. The van der Waals surface area contributed by atoms with Crippen molar-refractivity contribution in [3.8, 4) is 0 Å². The molecule has 3 heterocycles. The lowest BCUT2D eigenvalue weighted by molar-refractivity contribution is -0.123. The van der Waals surface area contributed by atoms with Gasteiger partial charge in [0, 0.05) is 25.1 Å². The zero-order chi connectivity index (χ0) is 23.8. The normalized spacial score (nSPS) is 17.9. The first-order valence-corrected chi connectivity index (χ1v) is 12.4. The lowest BCUT2D eigenvalue weighted by Crippen LogP contribution is -2.35. The second-order valence-electron chi connectivity index (χ2n) is 8.42. The number of amidine groups is 1. The molecule has 0 unspecified atom stereocenters. The number of fused-ring (bicyclic) bond motifs is 3. The minimum absolute atomic E-state index is 0.0273. The van der Waals surface area contributed by atoms with Crippen LogP contribution in [0.2, 0.25) is 0 Å². The van der Waals surface area contributed by atoms with E-state index < -0.39 is 28.0 Å². The SMILES string of the molecule is CC(C)n1nccc1NC(=O)[C@@H](C)OC(=O)c1ccc2c(c1)S(=O)(=O)N=C1CCCCCN12. The lowest BCUT2D eigenvalue weighted by Gasteiger charge is -2.29. The number of nitrogens with zero attached hydrogens (tertiary/aromatic N) is 4. The molecule has 0 bridgehead atoms. The fraction of sp³-hybridized carbons (Fsp3) is 0.455. The number of aromatic nitrogens is 2. The van der Waals surface area contributed by atoms with Gasteiger partial charge < -0.3 is 15.0 Å². The Morgan fingerprint density at radius 2 is 1.91 bits per heavy atom. The number of carbonyl (C=O) groups is 2. The van der Waals surface area contributed by atoms with Crippen molar-refractivity contribution >= 4 is 39.2 Å². The third-order valence-corrected chi connectivity index (χ3v) is 6.98. The number of nitrogens with one attached hydrogen (secondary N) is 1. The van der Waals surface area contributed by atoms with Crippen molar-refractivity contribution in [2.24, 2.45) is 4.40 Å². The summed E-state index contributed by atoms with van der Waals surface area (Å²) in [6, 6.07) is 6.09. The maximum Gasteiger partial charge on any atom is 0.338 e. The van der Waals surface area contributed by atoms with Gasteiger partial charge in [-0.1, -0.05) is 6.42 Å². The molecule has 2 aliphatic rings. The Morgan fingerprint density at radius 3 is 2.67 bits per heavy atom. The van der Waals surface area contributed by atoms with E-state index in [-0.39, 0.29) is 16.5 Å². The Hall–Kier alpha value is -3.21. The highest BCUT2D eigenvalue weighted by atomic mass is 32.2. The van der Waals surface area contributed by atoms with Gasteiger partial charge in [0.15, 0.2) is 6.10 Å². The number of carbonyl (C=O) groups excluding carboxylic acids is 2. The van der Waals surface area contributed by atoms with Crippen LogP contribution in [0.25, 0.3) is 0 Å². The third-order valence-electron chi connectivity index (χ3n) is 5.65. The smallest absolute Gasteiger partial charge is 0.338 e. The van der Waals surface area contributed by atoms with Crippen LogP contribution in [0.5, 0.6) is 0 Å². The van der Waals surface area contributed by atoms with Gasteiger partial charge in [-0.05, 0) is 51.8 Å². The highest BCUT2D eigenvalue weighted by Crippen LogP contribution is 2.35. The number of benzene rings is 1. The molecule has 4 rings (SSSR count). The molecule has 0 saturated carbocycles. The van der Waals surface area contributed by atoms with Crippen molar-refractivity contribution in [1.82, 2.24) is 9.78 Å². The van der Waals surface area contributed by atoms with E-state index >= 15 is 0 Å². The molecule has 1 amide bonds. The Balaban J connectivity index is 1.51. The van der Waals surface area contributed by atoms with Crippen molar-refractivity contribution < 1.29 is 22.7 Å². The molecule has 0 aliphatic carbocycles. The van der Waals surface area contributed by atoms with E-state index in [2.05, 4.69) is 14.8 Å². The minimum atomic E-state index is -3.93. The van der Waals surface area contributed by atoms with Gasteiger partial charge in [0.25, 0.3) is 15.9 Å². The van der Waals surface area contributed by atoms with Gasteiger partial charge in [0.05, 0.1) is 17.4 Å². The lowest BCUT2D eigenvalue weighted by atomic mass is 10.1. The van der Waals surface area contributed by atoms with Crippen LogP contribution in [0, 0.1) is 0 Å². The van der Waals surface area contributed by atoms with Gasteiger partial charge >= 0.3 is 5.97 Å². The van der Waals surface area contributed by atoms with E-state index in [1.807, 2.05) is 18.7 Å². The Morgan fingerprint density at radius 1 is 1.12 bits per heavy atom. The first-order chi connectivity index (χ1) is 15.7. The van der Waals surface area contributed by atoms with Crippen LogP contribution in [0.3, 0.4) is 0 Å². The number of hydrogen-bond donors (Lipinski definition) is 1. The zero-order valence-corrected chi connectivity index (χ0v) is 19.6. The van der Waals surface area contributed by atoms with E-state index in [0.29, 0.717) is 30.3 Å². The molecule has 1 aromatic heterocycles. The fourth-order valence-corrected chi connectivity index (χ4v) is 5.23. The first kappa shape index (κ1) is 23.0. The summed E-state index contributed by atoms with van der Waals surface area (Å²) in [7, 11) is -3.93. The highest BCUT2D eigenvalue weighted by Gasteiger charge is 2.32. The average Bonchev–Trinajstić information content (AvgIpc) is 3.11. The summed E-state index contributed by atoms with van der Waals surface area (Å²) in [5, 5.41) is 6.84. The van der Waals surface area contributed by atoms with Gasteiger partial charge in [-0.15, -0.1) is 4.40 Å². The van der Waals surface area contributed by atoms with E-state index in [1.54, 1.807) is 23.0 Å². The molecule has 1 N–H and O–H groups in total. The fourth-order valence-electron chi connectivity index (χ4n) is 3.94. The Bertz CT molecular complexity index is 1220. The third kappa shape index (κ3) is 4.63. The van der Waals surface area contributed by atoms with Crippen LogP contribution in [0.15, 0.2) is 39.8 Å². The summed E-state index contributed by atoms with van der Waals surface area (Å²) in [5.41, 5.74) is 0.559. The average molecular weight is 474 g/mol. The molecule has 0 spiro atoms. The molecule has 2 aliphatic heterocycles. The summed E-state index contributed by atoms with van der Waals surface area (Å²) < 4.78 is 36.5. The van der Waals surface area contributed by atoms with E-state index in [1.165, 1.54) is 19.1 Å².